The van der Waals surface area contributed by atoms with Crippen LogP contribution in [0.25, 0.3) is 0 Å². The van der Waals surface area contributed by atoms with Gasteiger partial charge in [0, 0.05) is 11.8 Å². The molecule has 0 amide bonds. The summed E-state index contributed by atoms with van der Waals surface area (Å²) < 4.78 is 0. The van der Waals surface area contributed by atoms with Crippen molar-refractivity contribution >= 4 is 5.78 Å². The fourth-order valence-electron chi connectivity index (χ4n) is 7.20. The van der Waals surface area contributed by atoms with Gasteiger partial charge >= 0.3 is 0 Å². The molecule has 4 rings (SSSR count). The molecule has 0 aromatic carbocycles. The van der Waals surface area contributed by atoms with Crippen molar-refractivity contribution in [1.82, 2.24) is 0 Å². The summed E-state index contributed by atoms with van der Waals surface area (Å²) >= 11 is 0. The van der Waals surface area contributed by atoms with E-state index in [2.05, 4.69) is 13.8 Å². The number of carbonyl (C=O) groups is 1. The van der Waals surface area contributed by atoms with Gasteiger partial charge in [0.25, 0.3) is 0 Å². The van der Waals surface area contributed by atoms with Crippen LogP contribution in [-0.4, -0.2) is 16.5 Å². The van der Waals surface area contributed by atoms with Crippen LogP contribution in [0.2, 0.25) is 0 Å². The van der Waals surface area contributed by atoms with Crippen LogP contribution < -0.4 is 0 Å². The molecule has 0 aromatic heterocycles. The number of carbonyl (C=O) groups excluding carboxylic acids is 1. The van der Waals surface area contributed by atoms with Gasteiger partial charge in [0.05, 0.1) is 5.60 Å². The zero-order valence-electron chi connectivity index (χ0n) is 14.5. The van der Waals surface area contributed by atoms with E-state index < -0.39 is 5.60 Å². The van der Waals surface area contributed by atoms with Gasteiger partial charge in [0.15, 0.2) is 0 Å². The van der Waals surface area contributed by atoms with E-state index in [4.69, 9.17) is 0 Å². The zero-order chi connectivity index (χ0) is 15.8. The van der Waals surface area contributed by atoms with E-state index in [1.54, 1.807) is 0 Å². The molecule has 1 N–H and O–H groups in total. The normalized spacial score (nSPS) is 57.9. The fraction of sp³-hybridized carbons (Fsp3) is 0.950. The Morgan fingerprint density at radius 1 is 0.955 bits per heavy atom. The topological polar surface area (TPSA) is 37.3 Å². The van der Waals surface area contributed by atoms with Crippen LogP contribution in [0.4, 0.5) is 0 Å². The lowest BCUT2D eigenvalue weighted by Crippen LogP contribution is -2.55. The van der Waals surface area contributed by atoms with Crippen molar-refractivity contribution in [2.75, 3.05) is 0 Å². The Morgan fingerprint density at radius 2 is 1.73 bits per heavy atom. The molecule has 0 saturated heterocycles. The molecule has 0 aromatic rings. The first-order chi connectivity index (χ1) is 10.3. The van der Waals surface area contributed by atoms with E-state index in [1.165, 1.54) is 25.7 Å². The predicted octanol–water partition coefficient (Wildman–Crippen LogP) is 4.35. The molecule has 0 heterocycles. The molecule has 4 saturated carbocycles. The zero-order valence-corrected chi connectivity index (χ0v) is 14.5. The summed E-state index contributed by atoms with van der Waals surface area (Å²) in [4.78, 5) is 12.4. The lowest BCUT2D eigenvalue weighted by Gasteiger charge is -2.61. The van der Waals surface area contributed by atoms with Crippen molar-refractivity contribution in [1.29, 1.82) is 0 Å². The van der Waals surface area contributed by atoms with Crippen LogP contribution >= 0.6 is 0 Å². The first-order valence-electron chi connectivity index (χ1n) is 9.52. The Balaban J connectivity index is 1.63. The van der Waals surface area contributed by atoms with Crippen molar-refractivity contribution in [2.24, 2.45) is 34.5 Å². The van der Waals surface area contributed by atoms with E-state index in [9.17, 15) is 9.90 Å². The molecule has 0 bridgehead atoms. The average Bonchev–Trinajstić information content (AvgIpc) is 2.76. The summed E-state index contributed by atoms with van der Waals surface area (Å²) in [6.07, 6.45) is 10.1. The molecule has 0 radical (unpaired) electrons. The molecule has 0 spiro atoms. The Hall–Kier alpha value is -0.370. The highest BCUT2D eigenvalue weighted by molar-refractivity contribution is 5.87. The highest BCUT2D eigenvalue weighted by Crippen LogP contribution is 2.66. The molecule has 4 aliphatic carbocycles. The van der Waals surface area contributed by atoms with Crippen molar-refractivity contribution in [2.45, 2.75) is 84.2 Å². The summed E-state index contributed by atoms with van der Waals surface area (Å²) in [7, 11) is 0. The third-order valence-electron chi connectivity index (χ3n) is 8.66. The van der Waals surface area contributed by atoms with Gasteiger partial charge in [0.1, 0.15) is 5.78 Å². The fourth-order valence-corrected chi connectivity index (χ4v) is 7.20. The van der Waals surface area contributed by atoms with Gasteiger partial charge in [-0.2, -0.15) is 0 Å². The third kappa shape index (κ3) is 1.92. The molecular formula is C20H32O2. The predicted molar refractivity (Wildman–Crippen MR) is 87.4 cm³/mol. The molecule has 0 unspecified atom stereocenters. The lowest BCUT2D eigenvalue weighted by atomic mass is 9.44. The maximum Gasteiger partial charge on any atom is 0.139 e. The Labute approximate surface area is 135 Å². The third-order valence-corrected chi connectivity index (χ3v) is 8.66. The molecule has 124 valence electrons. The molecule has 7 atom stereocenters. The smallest absolute Gasteiger partial charge is 0.139 e. The Morgan fingerprint density at radius 3 is 2.50 bits per heavy atom. The number of rotatable bonds is 0. The van der Waals surface area contributed by atoms with Crippen molar-refractivity contribution in [3.63, 3.8) is 0 Å². The number of Topliss-reactive ketones (excluding diaryl/α,β-unsaturated/α-hetero) is 1. The lowest BCUT2D eigenvalue weighted by molar-refractivity contribution is -0.151. The minimum atomic E-state index is -0.441. The van der Waals surface area contributed by atoms with Gasteiger partial charge in [-0.25, -0.2) is 0 Å². The van der Waals surface area contributed by atoms with Gasteiger partial charge in [-0.05, 0) is 87.4 Å². The number of fused-ring (bicyclic) bond motifs is 5. The van der Waals surface area contributed by atoms with E-state index in [0.29, 0.717) is 23.0 Å². The van der Waals surface area contributed by atoms with Gasteiger partial charge in [-0.1, -0.05) is 13.8 Å². The highest BCUT2D eigenvalue weighted by atomic mass is 16.3. The van der Waals surface area contributed by atoms with Crippen LogP contribution in [0.5, 0.6) is 0 Å². The van der Waals surface area contributed by atoms with E-state index in [-0.39, 0.29) is 5.41 Å². The second-order valence-electron chi connectivity index (χ2n) is 9.78. The first-order valence-corrected chi connectivity index (χ1v) is 9.52. The quantitative estimate of drug-likeness (QED) is 0.722. The number of hydrogen-bond donors (Lipinski definition) is 1. The molecular weight excluding hydrogens is 272 g/mol. The van der Waals surface area contributed by atoms with Crippen LogP contribution in [0.3, 0.4) is 0 Å². The van der Waals surface area contributed by atoms with Gasteiger partial charge in [-0.15, -0.1) is 0 Å². The van der Waals surface area contributed by atoms with E-state index >= 15 is 0 Å². The van der Waals surface area contributed by atoms with Crippen molar-refractivity contribution in [3.05, 3.63) is 0 Å². The summed E-state index contributed by atoms with van der Waals surface area (Å²) in [5.41, 5.74) is -0.0217. The SMILES string of the molecule is C[C@@]1(O)CC[C@]2(C)[C@@H](CC[C@H]3[C@H]2CC[C@@]2(C)C(=O)CC[C@H]32)C1. The number of hydrogen-bond acceptors (Lipinski definition) is 2. The average molecular weight is 304 g/mol. The molecule has 22 heavy (non-hydrogen) atoms. The monoisotopic (exact) mass is 304 g/mol. The van der Waals surface area contributed by atoms with Gasteiger partial charge in [0.2, 0.25) is 0 Å². The molecule has 0 aliphatic heterocycles. The van der Waals surface area contributed by atoms with Crippen molar-refractivity contribution in [3.8, 4) is 0 Å². The second-order valence-corrected chi connectivity index (χ2v) is 9.78. The molecule has 2 heteroatoms. The summed E-state index contributed by atoms with van der Waals surface area (Å²) in [6.45, 7) is 6.82. The van der Waals surface area contributed by atoms with Gasteiger partial charge in [-0.3, -0.25) is 4.79 Å². The standard InChI is InChI=1S/C20H32O2/c1-18(22)10-11-19(2)13(12-18)4-5-14-15-6-7-17(21)20(15,3)9-8-16(14)19/h13-16,22H,4-12H2,1-3H3/t13-,14+,15+,16+,18+,19+,20+/m0/s1. The largest absolute Gasteiger partial charge is 0.390 e. The Bertz CT molecular complexity index is 496. The van der Waals surface area contributed by atoms with Gasteiger partial charge < -0.3 is 5.11 Å². The number of ketones is 1. The molecule has 2 nitrogen and oxygen atoms in total. The van der Waals surface area contributed by atoms with E-state index in [0.717, 1.165) is 43.9 Å². The minimum Gasteiger partial charge on any atom is -0.390 e. The highest BCUT2D eigenvalue weighted by Gasteiger charge is 2.60. The second kappa shape index (κ2) is 4.59. The summed E-state index contributed by atoms with van der Waals surface area (Å²) in [5.74, 6) is 3.47. The summed E-state index contributed by atoms with van der Waals surface area (Å²) in [5, 5.41) is 10.5. The number of aliphatic hydroxyl groups is 1. The molecule has 4 fully saturated rings. The van der Waals surface area contributed by atoms with Crippen LogP contribution in [-0.2, 0) is 4.79 Å². The molecule has 4 aliphatic rings. The van der Waals surface area contributed by atoms with Crippen LogP contribution in [0.1, 0.15) is 78.6 Å². The van der Waals surface area contributed by atoms with Crippen LogP contribution in [0.15, 0.2) is 0 Å². The Kier molecular flexibility index (Phi) is 3.16. The summed E-state index contributed by atoms with van der Waals surface area (Å²) in [6, 6.07) is 0. The maximum atomic E-state index is 12.4. The van der Waals surface area contributed by atoms with Crippen LogP contribution in [0, 0.1) is 34.5 Å². The first kappa shape index (κ1) is 15.2. The van der Waals surface area contributed by atoms with Crippen molar-refractivity contribution < 1.29 is 9.90 Å². The minimum absolute atomic E-state index is 0.00449. The maximum absolute atomic E-state index is 12.4. The van der Waals surface area contributed by atoms with E-state index in [1.807, 2.05) is 6.92 Å².